The van der Waals surface area contributed by atoms with Gasteiger partial charge in [-0.05, 0) is 32.6 Å². The molecule has 1 aromatic rings. The monoisotopic (exact) mass is 246 g/mol. The molecule has 0 amide bonds. The molecule has 3 rings (SSSR count). The lowest BCUT2D eigenvalue weighted by molar-refractivity contribution is 0.481. The zero-order chi connectivity index (χ0) is 12.4. The zero-order valence-electron chi connectivity index (χ0n) is 11.2. The minimum atomic E-state index is 0.551. The molecule has 1 atom stereocenters. The van der Waals surface area contributed by atoms with E-state index in [1.807, 2.05) is 0 Å². The maximum atomic E-state index is 4.58. The van der Waals surface area contributed by atoms with Crippen molar-refractivity contribution in [2.45, 2.75) is 45.1 Å². The van der Waals surface area contributed by atoms with Crippen LogP contribution in [0.3, 0.4) is 0 Å². The van der Waals surface area contributed by atoms with Crippen LogP contribution in [0.4, 0.5) is 5.82 Å². The Balaban J connectivity index is 1.91. The Morgan fingerprint density at radius 2 is 2.11 bits per heavy atom. The summed E-state index contributed by atoms with van der Waals surface area (Å²) in [5.74, 6) is 1.20. The molecule has 0 spiro atoms. The van der Waals surface area contributed by atoms with Gasteiger partial charge in [-0.1, -0.05) is 6.42 Å². The summed E-state index contributed by atoms with van der Waals surface area (Å²) >= 11 is 0. The SMILES string of the molecule is C[C@@H]1CN(c2ncnc3c2CCCCC3)CCN1. The number of fused-ring (bicyclic) bond motifs is 1. The van der Waals surface area contributed by atoms with Gasteiger partial charge in [-0.3, -0.25) is 0 Å². The van der Waals surface area contributed by atoms with Crippen molar-refractivity contribution in [3.8, 4) is 0 Å². The zero-order valence-corrected chi connectivity index (χ0v) is 11.2. The van der Waals surface area contributed by atoms with Gasteiger partial charge in [0.15, 0.2) is 0 Å². The molecule has 1 aliphatic heterocycles. The first-order valence-electron chi connectivity index (χ1n) is 7.15. The smallest absolute Gasteiger partial charge is 0.135 e. The Morgan fingerprint density at radius 3 is 3.00 bits per heavy atom. The van der Waals surface area contributed by atoms with E-state index in [0.29, 0.717) is 6.04 Å². The molecule has 1 saturated heterocycles. The molecule has 2 aliphatic rings. The lowest BCUT2D eigenvalue weighted by atomic mass is 10.1. The van der Waals surface area contributed by atoms with Gasteiger partial charge in [0.1, 0.15) is 12.1 Å². The van der Waals surface area contributed by atoms with Crippen LogP contribution >= 0.6 is 0 Å². The molecule has 2 heterocycles. The van der Waals surface area contributed by atoms with Crippen molar-refractivity contribution >= 4 is 5.82 Å². The number of nitrogens with zero attached hydrogens (tertiary/aromatic N) is 3. The van der Waals surface area contributed by atoms with E-state index in [0.717, 1.165) is 32.5 Å². The fourth-order valence-corrected chi connectivity index (χ4v) is 3.08. The summed E-state index contributed by atoms with van der Waals surface area (Å²) < 4.78 is 0. The molecule has 1 aliphatic carbocycles. The predicted molar refractivity (Wildman–Crippen MR) is 73.0 cm³/mol. The van der Waals surface area contributed by atoms with E-state index in [2.05, 4.69) is 27.1 Å². The summed E-state index contributed by atoms with van der Waals surface area (Å²) in [5, 5.41) is 3.49. The topological polar surface area (TPSA) is 41.1 Å². The molecule has 18 heavy (non-hydrogen) atoms. The first-order valence-corrected chi connectivity index (χ1v) is 7.15. The van der Waals surface area contributed by atoms with Crippen LogP contribution < -0.4 is 10.2 Å². The van der Waals surface area contributed by atoms with E-state index in [4.69, 9.17) is 0 Å². The Labute approximate surface area is 109 Å². The molecule has 0 saturated carbocycles. The molecule has 1 fully saturated rings. The van der Waals surface area contributed by atoms with Gasteiger partial charge in [0.05, 0.1) is 0 Å². The van der Waals surface area contributed by atoms with Crippen LogP contribution in [0, 0.1) is 0 Å². The Hall–Kier alpha value is -1.16. The highest BCUT2D eigenvalue weighted by Crippen LogP contribution is 2.26. The Kier molecular flexibility index (Phi) is 3.46. The minimum Gasteiger partial charge on any atom is -0.353 e. The summed E-state index contributed by atoms with van der Waals surface area (Å²) in [5.41, 5.74) is 2.72. The molecular formula is C14H22N4. The van der Waals surface area contributed by atoms with Crippen molar-refractivity contribution in [2.24, 2.45) is 0 Å². The van der Waals surface area contributed by atoms with Crippen molar-refractivity contribution in [3.05, 3.63) is 17.6 Å². The van der Waals surface area contributed by atoms with E-state index in [9.17, 15) is 0 Å². The summed E-state index contributed by atoms with van der Waals surface area (Å²) in [6, 6.07) is 0.551. The van der Waals surface area contributed by atoms with Crippen LogP contribution in [0.5, 0.6) is 0 Å². The van der Waals surface area contributed by atoms with E-state index < -0.39 is 0 Å². The fourth-order valence-electron chi connectivity index (χ4n) is 3.08. The van der Waals surface area contributed by atoms with E-state index in [1.165, 1.54) is 36.3 Å². The molecule has 0 unspecified atom stereocenters. The molecule has 0 radical (unpaired) electrons. The molecule has 0 aromatic carbocycles. The lowest BCUT2D eigenvalue weighted by Crippen LogP contribution is -2.49. The first-order chi connectivity index (χ1) is 8.84. The number of aromatic nitrogens is 2. The van der Waals surface area contributed by atoms with Crippen LogP contribution in [-0.4, -0.2) is 35.6 Å². The molecule has 4 nitrogen and oxygen atoms in total. The Bertz CT molecular complexity index is 418. The largest absolute Gasteiger partial charge is 0.353 e. The molecule has 1 aromatic heterocycles. The Morgan fingerprint density at radius 1 is 1.22 bits per heavy atom. The van der Waals surface area contributed by atoms with Gasteiger partial charge in [-0.15, -0.1) is 0 Å². The van der Waals surface area contributed by atoms with Crippen LogP contribution in [0.1, 0.15) is 37.4 Å². The number of rotatable bonds is 1. The second kappa shape index (κ2) is 5.22. The summed E-state index contributed by atoms with van der Waals surface area (Å²) in [7, 11) is 0. The molecular weight excluding hydrogens is 224 g/mol. The van der Waals surface area contributed by atoms with E-state index in [1.54, 1.807) is 6.33 Å². The fraction of sp³-hybridized carbons (Fsp3) is 0.714. The average Bonchev–Trinajstić information content (AvgIpc) is 2.63. The number of hydrogen-bond donors (Lipinski definition) is 1. The van der Waals surface area contributed by atoms with E-state index in [-0.39, 0.29) is 0 Å². The number of aryl methyl sites for hydroxylation is 1. The van der Waals surface area contributed by atoms with Gasteiger partial charge in [-0.2, -0.15) is 0 Å². The summed E-state index contributed by atoms with van der Waals surface area (Å²) in [6.07, 6.45) is 7.94. The van der Waals surface area contributed by atoms with Gasteiger partial charge in [0.2, 0.25) is 0 Å². The van der Waals surface area contributed by atoms with Gasteiger partial charge < -0.3 is 10.2 Å². The normalized spacial score (nSPS) is 24.5. The number of nitrogens with one attached hydrogen (secondary N) is 1. The summed E-state index contributed by atoms with van der Waals surface area (Å²) in [6.45, 7) is 5.42. The van der Waals surface area contributed by atoms with Crippen molar-refractivity contribution < 1.29 is 0 Å². The molecule has 98 valence electrons. The number of anilines is 1. The van der Waals surface area contributed by atoms with Crippen molar-refractivity contribution in [2.75, 3.05) is 24.5 Å². The van der Waals surface area contributed by atoms with Crippen molar-refractivity contribution in [1.29, 1.82) is 0 Å². The van der Waals surface area contributed by atoms with Crippen LogP contribution in [0.2, 0.25) is 0 Å². The highest BCUT2D eigenvalue weighted by atomic mass is 15.2. The van der Waals surface area contributed by atoms with E-state index >= 15 is 0 Å². The third-order valence-electron chi connectivity index (χ3n) is 4.02. The highest BCUT2D eigenvalue weighted by molar-refractivity contribution is 5.49. The van der Waals surface area contributed by atoms with Gasteiger partial charge in [0, 0.05) is 36.9 Å². The first kappa shape index (κ1) is 11.9. The second-order valence-electron chi connectivity index (χ2n) is 5.48. The number of piperazine rings is 1. The number of hydrogen-bond acceptors (Lipinski definition) is 4. The average molecular weight is 246 g/mol. The van der Waals surface area contributed by atoms with Crippen LogP contribution in [0.15, 0.2) is 6.33 Å². The highest BCUT2D eigenvalue weighted by Gasteiger charge is 2.22. The molecule has 4 heteroatoms. The van der Waals surface area contributed by atoms with Crippen LogP contribution in [-0.2, 0) is 12.8 Å². The maximum absolute atomic E-state index is 4.58. The van der Waals surface area contributed by atoms with Crippen molar-refractivity contribution in [1.82, 2.24) is 15.3 Å². The second-order valence-corrected chi connectivity index (χ2v) is 5.48. The van der Waals surface area contributed by atoms with Crippen LogP contribution in [0.25, 0.3) is 0 Å². The van der Waals surface area contributed by atoms with Gasteiger partial charge >= 0.3 is 0 Å². The predicted octanol–water partition coefficient (Wildman–Crippen LogP) is 1.54. The molecule has 0 bridgehead atoms. The summed E-state index contributed by atoms with van der Waals surface area (Å²) in [4.78, 5) is 11.5. The molecule has 1 N–H and O–H groups in total. The minimum absolute atomic E-state index is 0.551. The maximum Gasteiger partial charge on any atom is 0.135 e. The lowest BCUT2D eigenvalue weighted by Gasteiger charge is -2.34. The quantitative estimate of drug-likeness (QED) is 0.763. The van der Waals surface area contributed by atoms with Gasteiger partial charge in [0.25, 0.3) is 0 Å². The third-order valence-corrected chi connectivity index (χ3v) is 4.02. The van der Waals surface area contributed by atoms with Crippen molar-refractivity contribution in [3.63, 3.8) is 0 Å². The van der Waals surface area contributed by atoms with Gasteiger partial charge in [-0.25, -0.2) is 9.97 Å². The standard InChI is InChI=1S/C14H22N4/c1-11-9-18(8-7-15-11)14-12-5-3-2-4-6-13(12)16-10-17-14/h10-11,15H,2-9H2,1H3/t11-/m1/s1. The third kappa shape index (κ3) is 2.34.